The molecule has 0 saturated carbocycles. The Bertz CT molecular complexity index is 1610. The molecule has 0 unspecified atom stereocenters. The summed E-state index contributed by atoms with van der Waals surface area (Å²) in [4.78, 5) is 20.7. The van der Waals surface area contributed by atoms with Crippen LogP contribution in [0, 0.1) is 20.8 Å². The summed E-state index contributed by atoms with van der Waals surface area (Å²) in [5, 5.41) is 1.71. The average Bonchev–Trinajstić information content (AvgIpc) is 3.22. The summed E-state index contributed by atoms with van der Waals surface area (Å²) < 4.78 is 6.15. The first-order chi connectivity index (χ1) is 18.8. The minimum Gasteiger partial charge on any atom is -0.488 e. The molecule has 4 aromatic rings. The number of anilines is 1. The average molecular weight is 574 g/mol. The molecule has 0 bridgehead atoms. The molecule has 4 aromatic carbocycles. The van der Waals surface area contributed by atoms with E-state index in [1.807, 2.05) is 68.5 Å². The maximum atomic E-state index is 13.8. The van der Waals surface area contributed by atoms with Crippen molar-refractivity contribution >= 4 is 63.5 Å². The van der Waals surface area contributed by atoms with Crippen LogP contribution < -0.4 is 9.64 Å². The monoisotopic (exact) mass is 572 g/mol. The summed E-state index contributed by atoms with van der Waals surface area (Å²) in [6, 6.07) is 27.1. The van der Waals surface area contributed by atoms with Crippen LogP contribution in [0.2, 0.25) is 10.0 Å². The summed E-state index contributed by atoms with van der Waals surface area (Å²) in [7, 11) is 0. The number of hydrogen-bond acceptors (Lipinski definition) is 4. The second-order valence-corrected chi connectivity index (χ2v) is 11.1. The molecule has 0 spiro atoms. The van der Waals surface area contributed by atoms with E-state index in [4.69, 9.17) is 32.9 Å². The molecule has 1 saturated heterocycles. The van der Waals surface area contributed by atoms with Gasteiger partial charge in [0.2, 0.25) is 0 Å². The van der Waals surface area contributed by atoms with Crippen LogP contribution in [0.4, 0.5) is 11.4 Å². The van der Waals surface area contributed by atoms with Gasteiger partial charge in [0.25, 0.3) is 5.91 Å². The Morgan fingerprint density at radius 3 is 2.28 bits per heavy atom. The van der Waals surface area contributed by atoms with Gasteiger partial charge in [0.05, 0.1) is 16.3 Å². The smallest absolute Gasteiger partial charge is 0.271 e. The Labute approximate surface area is 242 Å². The number of hydrogen-bond donors (Lipinski definition) is 0. The van der Waals surface area contributed by atoms with Crippen LogP contribution in [-0.4, -0.2) is 11.1 Å². The van der Waals surface area contributed by atoms with Crippen molar-refractivity contribution in [2.75, 3.05) is 4.90 Å². The predicted octanol–water partition coefficient (Wildman–Crippen LogP) is 9.31. The molecule has 5 rings (SSSR count). The molecule has 1 fully saturated rings. The third kappa shape index (κ3) is 6.22. The van der Waals surface area contributed by atoms with E-state index in [9.17, 15) is 4.79 Å². The van der Waals surface area contributed by atoms with Gasteiger partial charge in [-0.1, -0.05) is 83.4 Å². The highest BCUT2D eigenvalue weighted by Crippen LogP contribution is 2.39. The fraction of sp³-hybridized carbons (Fsp3) is 0.125. The molecule has 0 aliphatic carbocycles. The standard InChI is InChI=1S/C32H26Cl2N2O2S/c1-20-8-12-23(13-9-20)19-38-29-7-5-4-6-24(29)16-30-31(37)36(26-15-11-22(3)28(34)18-26)32(39-30)35-25-14-10-21(2)27(33)17-25/h4-18H,19H2,1-3H3/b30-16+,35-32?. The number of aliphatic imine (C=N–C) groups is 1. The topological polar surface area (TPSA) is 41.9 Å². The lowest BCUT2D eigenvalue weighted by atomic mass is 10.1. The van der Waals surface area contributed by atoms with Gasteiger partial charge in [-0.15, -0.1) is 0 Å². The number of aryl methyl sites for hydroxylation is 3. The zero-order valence-electron chi connectivity index (χ0n) is 21.7. The van der Waals surface area contributed by atoms with Crippen molar-refractivity contribution in [3.05, 3.63) is 128 Å². The van der Waals surface area contributed by atoms with E-state index >= 15 is 0 Å². The molecule has 196 valence electrons. The van der Waals surface area contributed by atoms with Crippen LogP contribution in [0.3, 0.4) is 0 Å². The molecular formula is C32H26Cl2N2O2S. The molecular weight excluding hydrogens is 547 g/mol. The molecule has 4 nitrogen and oxygen atoms in total. The van der Waals surface area contributed by atoms with E-state index in [1.54, 1.807) is 17.0 Å². The number of rotatable bonds is 6. The maximum absolute atomic E-state index is 13.8. The first kappa shape index (κ1) is 27.1. The highest BCUT2D eigenvalue weighted by atomic mass is 35.5. The van der Waals surface area contributed by atoms with E-state index in [0.717, 1.165) is 22.3 Å². The number of carbonyl (C=O) groups excluding carboxylic acids is 1. The number of thioether (sulfide) groups is 1. The van der Waals surface area contributed by atoms with Gasteiger partial charge in [0.15, 0.2) is 5.17 Å². The van der Waals surface area contributed by atoms with Crippen molar-refractivity contribution in [3.8, 4) is 5.75 Å². The van der Waals surface area contributed by atoms with E-state index in [0.29, 0.717) is 43.8 Å². The number of para-hydroxylation sites is 1. The van der Waals surface area contributed by atoms with Crippen LogP contribution in [-0.2, 0) is 11.4 Å². The van der Waals surface area contributed by atoms with Gasteiger partial charge in [-0.2, -0.15) is 0 Å². The SMILES string of the molecule is Cc1ccc(COc2ccccc2/C=C2/SC(=Nc3ccc(C)c(Cl)c3)N(c3ccc(C)c(Cl)c3)C2=O)cc1. The van der Waals surface area contributed by atoms with E-state index in [1.165, 1.54) is 17.3 Å². The van der Waals surface area contributed by atoms with Crippen molar-refractivity contribution in [1.29, 1.82) is 0 Å². The fourth-order valence-corrected chi connectivity index (χ4v) is 5.32. The van der Waals surface area contributed by atoms with Crippen LogP contribution >= 0.6 is 35.0 Å². The van der Waals surface area contributed by atoms with Gasteiger partial charge in [0, 0.05) is 15.6 Å². The van der Waals surface area contributed by atoms with Crippen molar-refractivity contribution in [3.63, 3.8) is 0 Å². The highest BCUT2D eigenvalue weighted by molar-refractivity contribution is 8.19. The summed E-state index contributed by atoms with van der Waals surface area (Å²) in [6.07, 6.45) is 1.85. The van der Waals surface area contributed by atoms with Gasteiger partial charge in [-0.25, -0.2) is 4.99 Å². The molecule has 0 N–H and O–H groups in total. The molecule has 1 heterocycles. The third-order valence-corrected chi connectivity index (χ3v) is 8.10. The molecule has 0 aromatic heterocycles. The molecule has 1 aliphatic rings. The zero-order valence-corrected chi connectivity index (χ0v) is 24.1. The second kappa shape index (κ2) is 11.7. The summed E-state index contributed by atoms with van der Waals surface area (Å²) in [5.74, 6) is 0.504. The van der Waals surface area contributed by atoms with Crippen molar-refractivity contribution < 1.29 is 9.53 Å². The largest absolute Gasteiger partial charge is 0.488 e. The number of carbonyl (C=O) groups is 1. The zero-order chi connectivity index (χ0) is 27.5. The van der Waals surface area contributed by atoms with Gasteiger partial charge >= 0.3 is 0 Å². The summed E-state index contributed by atoms with van der Waals surface area (Å²) >= 11 is 14.1. The Kier molecular flexibility index (Phi) is 8.12. The number of halogens is 2. The van der Waals surface area contributed by atoms with Gasteiger partial charge in [-0.3, -0.25) is 9.69 Å². The lowest BCUT2D eigenvalue weighted by Crippen LogP contribution is -2.28. The van der Waals surface area contributed by atoms with E-state index in [2.05, 4.69) is 31.2 Å². The minimum absolute atomic E-state index is 0.190. The highest BCUT2D eigenvalue weighted by Gasteiger charge is 2.35. The van der Waals surface area contributed by atoms with E-state index < -0.39 is 0 Å². The second-order valence-electron chi connectivity index (χ2n) is 9.32. The Morgan fingerprint density at radius 1 is 0.872 bits per heavy atom. The molecule has 1 amide bonds. The van der Waals surface area contributed by atoms with Gasteiger partial charge in [0.1, 0.15) is 12.4 Å². The maximum Gasteiger partial charge on any atom is 0.271 e. The predicted molar refractivity (Wildman–Crippen MR) is 164 cm³/mol. The quantitative estimate of drug-likeness (QED) is 0.216. The summed E-state index contributed by atoms with van der Waals surface area (Å²) in [5.41, 5.74) is 6.27. The minimum atomic E-state index is -0.190. The third-order valence-electron chi connectivity index (χ3n) is 6.32. The van der Waals surface area contributed by atoms with Crippen LogP contribution in [0.15, 0.2) is 94.8 Å². The normalized spacial score (nSPS) is 15.4. The Balaban J connectivity index is 1.50. The molecule has 7 heteroatoms. The number of ether oxygens (including phenoxy) is 1. The van der Waals surface area contributed by atoms with Crippen LogP contribution in [0.5, 0.6) is 5.75 Å². The van der Waals surface area contributed by atoms with Crippen LogP contribution in [0.1, 0.15) is 27.8 Å². The molecule has 0 atom stereocenters. The number of benzene rings is 4. The Hall–Kier alpha value is -3.51. The Morgan fingerprint density at radius 2 is 1.56 bits per heavy atom. The van der Waals surface area contributed by atoms with Crippen molar-refractivity contribution in [1.82, 2.24) is 0 Å². The summed E-state index contributed by atoms with van der Waals surface area (Å²) in [6.45, 7) is 6.35. The van der Waals surface area contributed by atoms with Gasteiger partial charge in [-0.05, 0) is 85.6 Å². The number of amidine groups is 1. The fourth-order valence-electron chi connectivity index (χ4n) is 3.98. The lowest BCUT2D eigenvalue weighted by molar-refractivity contribution is -0.113. The first-order valence-corrected chi connectivity index (χ1v) is 14.0. The van der Waals surface area contributed by atoms with E-state index in [-0.39, 0.29) is 5.91 Å². The number of amides is 1. The van der Waals surface area contributed by atoms with Crippen molar-refractivity contribution in [2.24, 2.45) is 4.99 Å². The van der Waals surface area contributed by atoms with Crippen LogP contribution in [0.25, 0.3) is 6.08 Å². The van der Waals surface area contributed by atoms with Crippen molar-refractivity contribution in [2.45, 2.75) is 27.4 Å². The van der Waals surface area contributed by atoms with Gasteiger partial charge < -0.3 is 4.74 Å². The lowest BCUT2D eigenvalue weighted by Gasteiger charge is -2.16. The molecule has 39 heavy (non-hydrogen) atoms. The molecule has 1 aliphatic heterocycles. The molecule has 0 radical (unpaired) electrons. The number of nitrogens with zero attached hydrogens (tertiary/aromatic N) is 2. The first-order valence-electron chi connectivity index (χ1n) is 12.4.